The lowest BCUT2D eigenvalue weighted by molar-refractivity contribution is -0.112. The van der Waals surface area contributed by atoms with Crippen LogP contribution in [-0.2, 0) is 4.79 Å². The summed E-state index contributed by atoms with van der Waals surface area (Å²) in [6.07, 6.45) is 1.46. The second-order valence-corrected chi connectivity index (χ2v) is 5.51. The summed E-state index contributed by atoms with van der Waals surface area (Å²) in [6, 6.07) is 18.9. The number of benzene rings is 3. The van der Waals surface area contributed by atoms with E-state index in [0.717, 1.165) is 10.8 Å². The smallest absolute Gasteiger partial charge is 0.266 e. The number of halogens is 1. The van der Waals surface area contributed by atoms with Crippen LogP contribution in [0.15, 0.2) is 66.2 Å². The van der Waals surface area contributed by atoms with Gasteiger partial charge in [-0.3, -0.25) is 4.79 Å². The van der Waals surface area contributed by atoms with Crippen LogP contribution in [-0.4, -0.2) is 13.0 Å². The van der Waals surface area contributed by atoms with Crippen LogP contribution in [0.3, 0.4) is 0 Å². The number of methoxy groups -OCH3 is 1. The molecule has 0 radical (unpaired) electrons. The Balaban J connectivity index is 2.04. The van der Waals surface area contributed by atoms with Crippen molar-refractivity contribution < 1.29 is 13.9 Å². The highest BCUT2D eigenvalue weighted by atomic mass is 19.1. The number of anilines is 1. The number of ether oxygens (including phenoxy) is 1. The number of nitrogens with zero attached hydrogens (tertiary/aromatic N) is 1. The van der Waals surface area contributed by atoms with Gasteiger partial charge in [0.2, 0.25) is 0 Å². The van der Waals surface area contributed by atoms with Crippen molar-refractivity contribution in [2.75, 3.05) is 12.4 Å². The van der Waals surface area contributed by atoms with Crippen molar-refractivity contribution in [2.24, 2.45) is 0 Å². The molecule has 0 bridgehead atoms. The first-order chi connectivity index (χ1) is 12.6. The molecule has 1 N–H and O–H groups in total. The minimum absolute atomic E-state index is 0.0172. The number of para-hydroxylation sites is 1. The Labute approximate surface area is 150 Å². The van der Waals surface area contributed by atoms with E-state index in [1.54, 1.807) is 12.1 Å². The van der Waals surface area contributed by atoms with Gasteiger partial charge in [-0.1, -0.05) is 42.5 Å². The Kier molecular flexibility index (Phi) is 4.95. The third-order valence-corrected chi connectivity index (χ3v) is 3.93. The molecule has 0 aliphatic heterocycles. The van der Waals surface area contributed by atoms with E-state index in [1.807, 2.05) is 36.4 Å². The quantitative estimate of drug-likeness (QED) is 0.557. The van der Waals surface area contributed by atoms with Gasteiger partial charge in [0.25, 0.3) is 5.91 Å². The molecule has 0 aliphatic carbocycles. The van der Waals surface area contributed by atoms with E-state index in [2.05, 4.69) is 5.32 Å². The lowest BCUT2D eigenvalue weighted by atomic mass is 10.0. The first kappa shape index (κ1) is 17.2. The molecule has 5 heteroatoms. The van der Waals surface area contributed by atoms with E-state index < -0.39 is 11.7 Å². The van der Waals surface area contributed by atoms with Crippen LogP contribution in [0.5, 0.6) is 5.75 Å². The molecule has 0 heterocycles. The molecule has 0 aromatic heterocycles. The van der Waals surface area contributed by atoms with Crippen LogP contribution >= 0.6 is 0 Å². The van der Waals surface area contributed by atoms with Crippen LogP contribution < -0.4 is 10.1 Å². The van der Waals surface area contributed by atoms with E-state index in [0.29, 0.717) is 11.3 Å². The van der Waals surface area contributed by atoms with Crippen LogP contribution in [0, 0.1) is 17.1 Å². The minimum Gasteiger partial charge on any atom is -0.496 e. The van der Waals surface area contributed by atoms with Gasteiger partial charge in [-0.15, -0.1) is 0 Å². The minimum atomic E-state index is -0.687. The van der Waals surface area contributed by atoms with Crippen LogP contribution in [0.2, 0.25) is 0 Å². The lowest BCUT2D eigenvalue weighted by Crippen LogP contribution is -2.14. The Morgan fingerprint density at radius 2 is 1.85 bits per heavy atom. The first-order valence-electron chi connectivity index (χ1n) is 7.87. The maximum atomic E-state index is 13.7. The van der Waals surface area contributed by atoms with Crippen molar-refractivity contribution in [3.8, 4) is 11.8 Å². The van der Waals surface area contributed by atoms with Gasteiger partial charge in [0, 0.05) is 5.56 Å². The fourth-order valence-corrected chi connectivity index (χ4v) is 2.65. The zero-order valence-corrected chi connectivity index (χ0v) is 14.0. The first-order valence-corrected chi connectivity index (χ1v) is 7.87. The highest BCUT2D eigenvalue weighted by Crippen LogP contribution is 2.30. The Hall–Kier alpha value is -3.65. The normalized spacial score (nSPS) is 11.0. The monoisotopic (exact) mass is 346 g/mol. The predicted octanol–water partition coefficient (Wildman–Crippen LogP) is 4.53. The summed E-state index contributed by atoms with van der Waals surface area (Å²) in [4.78, 5) is 12.4. The van der Waals surface area contributed by atoms with Crippen molar-refractivity contribution >= 4 is 28.4 Å². The number of rotatable bonds is 4. The second-order valence-electron chi connectivity index (χ2n) is 5.51. The molecular weight excluding hydrogens is 331 g/mol. The predicted molar refractivity (Wildman–Crippen MR) is 99.1 cm³/mol. The molecule has 0 spiro atoms. The highest BCUT2D eigenvalue weighted by Gasteiger charge is 2.14. The van der Waals surface area contributed by atoms with E-state index in [9.17, 15) is 14.4 Å². The summed E-state index contributed by atoms with van der Waals surface area (Å²) in [5.74, 6) is -0.719. The zero-order valence-electron chi connectivity index (χ0n) is 14.0. The Morgan fingerprint density at radius 3 is 2.58 bits per heavy atom. The third kappa shape index (κ3) is 3.40. The molecule has 0 saturated heterocycles. The SMILES string of the molecule is COc1ccc2ccccc2c1/C=C(\C#N)C(=O)Nc1ccccc1F. The van der Waals surface area contributed by atoms with Crippen molar-refractivity contribution in [1.82, 2.24) is 0 Å². The van der Waals surface area contributed by atoms with E-state index in [-0.39, 0.29) is 11.3 Å². The maximum absolute atomic E-state index is 13.7. The molecule has 1 amide bonds. The van der Waals surface area contributed by atoms with Crippen molar-refractivity contribution in [3.05, 3.63) is 77.6 Å². The molecule has 26 heavy (non-hydrogen) atoms. The standard InChI is InChI=1S/C21H15FN2O2/c1-26-20-11-10-14-6-2-3-7-16(14)17(20)12-15(13-23)21(25)24-19-9-5-4-8-18(19)22/h2-12H,1H3,(H,24,25)/b15-12+. The fourth-order valence-electron chi connectivity index (χ4n) is 2.65. The highest BCUT2D eigenvalue weighted by molar-refractivity contribution is 6.11. The van der Waals surface area contributed by atoms with Crippen molar-refractivity contribution in [3.63, 3.8) is 0 Å². The molecule has 0 aliphatic rings. The maximum Gasteiger partial charge on any atom is 0.266 e. The molecule has 0 unspecified atom stereocenters. The van der Waals surface area contributed by atoms with Gasteiger partial charge >= 0.3 is 0 Å². The van der Waals surface area contributed by atoms with Crippen LogP contribution in [0.25, 0.3) is 16.8 Å². The molecule has 3 rings (SSSR count). The topological polar surface area (TPSA) is 62.1 Å². The fraction of sp³-hybridized carbons (Fsp3) is 0.0476. The molecular formula is C21H15FN2O2. The number of carbonyl (C=O) groups is 1. The summed E-state index contributed by atoms with van der Waals surface area (Å²) in [5, 5.41) is 13.6. The Bertz CT molecular complexity index is 1050. The number of carbonyl (C=O) groups excluding carboxylic acids is 1. The summed E-state index contributed by atoms with van der Waals surface area (Å²) in [5.41, 5.74) is 0.484. The summed E-state index contributed by atoms with van der Waals surface area (Å²) >= 11 is 0. The van der Waals surface area contributed by atoms with Gasteiger partial charge in [-0.25, -0.2) is 4.39 Å². The van der Waals surface area contributed by atoms with Gasteiger partial charge in [0.1, 0.15) is 23.2 Å². The number of hydrogen-bond acceptors (Lipinski definition) is 3. The molecule has 4 nitrogen and oxygen atoms in total. The second kappa shape index (κ2) is 7.49. The number of nitriles is 1. The van der Waals surface area contributed by atoms with Gasteiger partial charge in [0.15, 0.2) is 0 Å². The molecule has 0 saturated carbocycles. The van der Waals surface area contributed by atoms with Crippen molar-refractivity contribution in [1.29, 1.82) is 5.26 Å². The number of amides is 1. The van der Waals surface area contributed by atoms with Gasteiger partial charge < -0.3 is 10.1 Å². The third-order valence-electron chi connectivity index (χ3n) is 3.93. The summed E-state index contributed by atoms with van der Waals surface area (Å²) < 4.78 is 19.1. The number of nitrogens with one attached hydrogen (secondary N) is 1. The van der Waals surface area contributed by atoms with E-state index in [1.165, 1.54) is 31.4 Å². The summed E-state index contributed by atoms with van der Waals surface area (Å²) in [7, 11) is 1.52. The average molecular weight is 346 g/mol. The summed E-state index contributed by atoms with van der Waals surface area (Å²) in [6.45, 7) is 0. The molecule has 0 fully saturated rings. The van der Waals surface area contributed by atoms with Gasteiger partial charge in [0.05, 0.1) is 12.8 Å². The zero-order chi connectivity index (χ0) is 18.5. The molecule has 3 aromatic carbocycles. The number of hydrogen-bond donors (Lipinski definition) is 1. The van der Waals surface area contributed by atoms with E-state index in [4.69, 9.17) is 4.74 Å². The van der Waals surface area contributed by atoms with Crippen molar-refractivity contribution in [2.45, 2.75) is 0 Å². The van der Waals surface area contributed by atoms with E-state index >= 15 is 0 Å². The van der Waals surface area contributed by atoms with Gasteiger partial charge in [-0.2, -0.15) is 5.26 Å². The van der Waals surface area contributed by atoms with Crippen LogP contribution in [0.4, 0.5) is 10.1 Å². The number of fused-ring (bicyclic) bond motifs is 1. The Morgan fingerprint density at radius 1 is 1.12 bits per heavy atom. The van der Waals surface area contributed by atoms with Gasteiger partial charge in [-0.05, 0) is 35.0 Å². The lowest BCUT2D eigenvalue weighted by Gasteiger charge is -2.10. The largest absolute Gasteiger partial charge is 0.496 e. The van der Waals surface area contributed by atoms with Crippen LogP contribution in [0.1, 0.15) is 5.56 Å². The molecule has 3 aromatic rings. The molecule has 128 valence electrons. The molecule has 0 atom stereocenters. The average Bonchev–Trinajstić information content (AvgIpc) is 2.67.